The summed E-state index contributed by atoms with van der Waals surface area (Å²) in [7, 11) is 0. The third kappa shape index (κ3) is 4.82. The number of rotatable bonds is 7. The second-order valence-electron chi connectivity index (χ2n) is 5.88. The van der Waals surface area contributed by atoms with Crippen molar-refractivity contribution in [2.75, 3.05) is 13.2 Å². The topological polar surface area (TPSA) is 92.5 Å². The summed E-state index contributed by atoms with van der Waals surface area (Å²) in [6.45, 7) is 6.16. The molecule has 0 fully saturated rings. The van der Waals surface area contributed by atoms with Crippen LogP contribution in [-0.4, -0.2) is 29.1 Å². The van der Waals surface area contributed by atoms with Crippen LogP contribution < -0.4 is 5.32 Å². The van der Waals surface area contributed by atoms with Crippen molar-refractivity contribution in [3.63, 3.8) is 0 Å². The minimum atomic E-state index is -0.489. The van der Waals surface area contributed by atoms with Crippen molar-refractivity contribution in [1.82, 2.24) is 5.32 Å². The molecule has 0 atom stereocenters. The van der Waals surface area contributed by atoms with E-state index < -0.39 is 4.92 Å². The summed E-state index contributed by atoms with van der Waals surface area (Å²) in [5.41, 5.74) is 0.505. The first kappa shape index (κ1) is 17.1. The van der Waals surface area contributed by atoms with Gasteiger partial charge in [-0.15, -0.1) is 0 Å². The number of nitro benzene ring substituents is 1. The quantitative estimate of drug-likeness (QED) is 0.596. The van der Waals surface area contributed by atoms with Gasteiger partial charge in [0.05, 0.1) is 4.92 Å². The predicted molar refractivity (Wildman–Crippen MR) is 80.3 cm³/mol. The molecule has 0 unspecified atom stereocenters. The second kappa shape index (κ2) is 7.17. The number of nitro groups is 1. The van der Waals surface area contributed by atoms with Gasteiger partial charge in [0.2, 0.25) is 0 Å². The van der Waals surface area contributed by atoms with Crippen LogP contribution in [0.3, 0.4) is 0 Å². The van der Waals surface area contributed by atoms with Crippen LogP contribution in [0.4, 0.5) is 5.69 Å². The molecule has 2 N–H and O–H groups in total. The van der Waals surface area contributed by atoms with Crippen LogP contribution in [0.5, 0.6) is 0 Å². The van der Waals surface area contributed by atoms with Crippen molar-refractivity contribution < 1.29 is 14.8 Å². The highest BCUT2D eigenvalue weighted by Gasteiger charge is 2.21. The monoisotopic (exact) mass is 294 g/mol. The normalized spacial score (nSPS) is 11.2. The zero-order valence-corrected chi connectivity index (χ0v) is 12.7. The Hall–Kier alpha value is -1.95. The van der Waals surface area contributed by atoms with E-state index in [4.69, 9.17) is 5.11 Å². The number of benzene rings is 1. The molecule has 0 radical (unpaired) electrons. The Morgan fingerprint density at radius 3 is 2.67 bits per heavy atom. The van der Waals surface area contributed by atoms with Gasteiger partial charge in [0.25, 0.3) is 11.6 Å². The highest BCUT2D eigenvalue weighted by molar-refractivity contribution is 5.96. The Kier molecular flexibility index (Phi) is 5.84. The highest BCUT2D eigenvalue weighted by Crippen LogP contribution is 2.23. The molecule has 1 amide bonds. The minimum Gasteiger partial charge on any atom is -0.396 e. The molecule has 116 valence electrons. The molecule has 1 aromatic carbocycles. The van der Waals surface area contributed by atoms with Gasteiger partial charge < -0.3 is 10.4 Å². The van der Waals surface area contributed by atoms with Gasteiger partial charge in [-0.25, -0.2) is 0 Å². The molecule has 0 aromatic heterocycles. The Morgan fingerprint density at radius 1 is 1.43 bits per heavy atom. The maximum atomic E-state index is 12.2. The summed E-state index contributed by atoms with van der Waals surface area (Å²) in [5, 5.41) is 22.5. The number of nitrogens with one attached hydrogen (secondary N) is 1. The molecule has 0 saturated carbocycles. The lowest BCUT2D eigenvalue weighted by atomic mass is 9.88. The molecular formula is C15H22N2O4. The molecule has 0 saturated heterocycles. The molecule has 6 heteroatoms. The maximum absolute atomic E-state index is 12.2. The summed E-state index contributed by atoms with van der Waals surface area (Å²) in [5.74, 6) is -0.312. The van der Waals surface area contributed by atoms with E-state index in [1.165, 1.54) is 12.1 Å². The van der Waals surface area contributed by atoms with Gasteiger partial charge >= 0.3 is 0 Å². The second-order valence-corrected chi connectivity index (χ2v) is 5.88. The summed E-state index contributed by atoms with van der Waals surface area (Å²) in [6.07, 6.45) is 1.47. The van der Waals surface area contributed by atoms with Crippen LogP contribution in [0.2, 0.25) is 0 Å². The van der Waals surface area contributed by atoms with Gasteiger partial charge in [-0.1, -0.05) is 19.9 Å². The van der Waals surface area contributed by atoms with Crippen LogP contribution in [0, 0.1) is 22.5 Å². The molecule has 0 aliphatic rings. The molecule has 21 heavy (non-hydrogen) atoms. The third-order valence-corrected chi connectivity index (χ3v) is 3.49. The fraction of sp³-hybridized carbons (Fsp3) is 0.533. The summed E-state index contributed by atoms with van der Waals surface area (Å²) >= 11 is 0. The van der Waals surface area contributed by atoms with E-state index in [1.54, 1.807) is 13.0 Å². The fourth-order valence-electron chi connectivity index (χ4n) is 2.13. The average Bonchev–Trinajstić information content (AvgIpc) is 2.42. The van der Waals surface area contributed by atoms with Crippen molar-refractivity contribution >= 4 is 11.6 Å². The lowest BCUT2D eigenvalue weighted by Crippen LogP contribution is -2.34. The summed E-state index contributed by atoms with van der Waals surface area (Å²) < 4.78 is 0. The molecule has 0 aliphatic heterocycles. The Bertz CT molecular complexity index is 526. The molecule has 0 bridgehead atoms. The number of nitrogens with zero attached hydrogens (tertiary/aromatic N) is 1. The van der Waals surface area contributed by atoms with Gasteiger partial charge in [-0.3, -0.25) is 14.9 Å². The number of hydrogen-bond donors (Lipinski definition) is 2. The molecule has 0 spiro atoms. The lowest BCUT2D eigenvalue weighted by Gasteiger charge is -2.24. The maximum Gasteiger partial charge on any atom is 0.273 e. The van der Waals surface area contributed by atoms with Gasteiger partial charge in [-0.05, 0) is 31.2 Å². The van der Waals surface area contributed by atoms with Gasteiger partial charge in [-0.2, -0.15) is 0 Å². The van der Waals surface area contributed by atoms with Crippen molar-refractivity contribution in [3.05, 3.63) is 39.4 Å². The van der Waals surface area contributed by atoms with E-state index in [0.29, 0.717) is 24.1 Å². The lowest BCUT2D eigenvalue weighted by molar-refractivity contribution is -0.385. The van der Waals surface area contributed by atoms with E-state index in [0.717, 1.165) is 6.42 Å². The van der Waals surface area contributed by atoms with Crippen LogP contribution in [-0.2, 0) is 0 Å². The largest absolute Gasteiger partial charge is 0.396 e. The first-order valence-corrected chi connectivity index (χ1v) is 6.91. The van der Waals surface area contributed by atoms with Crippen LogP contribution in [0.15, 0.2) is 18.2 Å². The molecule has 1 aromatic rings. The molecule has 0 heterocycles. The van der Waals surface area contributed by atoms with Crippen LogP contribution >= 0.6 is 0 Å². The van der Waals surface area contributed by atoms with Crippen molar-refractivity contribution in [3.8, 4) is 0 Å². The minimum absolute atomic E-state index is 0.0535. The summed E-state index contributed by atoms with van der Waals surface area (Å²) in [6, 6.07) is 4.48. The Labute approximate surface area is 124 Å². The van der Waals surface area contributed by atoms with E-state index in [9.17, 15) is 14.9 Å². The van der Waals surface area contributed by atoms with Crippen LogP contribution in [0.1, 0.15) is 42.6 Å². The van der Waals surface area contributed by atoms with Crippen molar-refractivity contribution in [2.45, 2.75) is 33.6 Å². The zero-order valence-electron chi connectivity index (χ0n) is 12.7. The molecule has 0 aliphatic carbocycles. The first-order valence-electron chi connectivity index (χ1n) is 6.91. The average molecular weight is 294 g/mol. The number of carbonyl (C=O) groups excluding carboxylic acids is 1. The van der Waals surface area contributed by atoms with Gasteiger partial charge in [0.1, 0.15) is 0 Å². The zero-order chi connectivity index (χ0) is 16.0. The van der Waals surface area contributed by atoms with E-state index in [1.807, 2.05) is 13.8 Å². The highest BCUT2D eigenvalue weighted by atomic mass is 16.6. The van der Waals surface area contributed by atoms with Crippen molar-refractivity contribution in [1.29, 1.82) is 0 Å². The standard InChI is InChI=1S/C15H22N2O4/c1-11-12(6-4-7-13(11)17(20)21)14(19)16-10-15(2,3)8-5-9-18/h4,6-7,18H,5,8-10H2,1-3H3,(H,16,19). The Morgan fingerprint density at radius 2 is 2.10 bits per heavy atom. The number of aliphatic hydroxyl groups is 1. The van der Waals surface area contributed by atoms with Crippen LogP contribution in [0.25, 0.3) is 0 Å². The van der Waals surface area contributed by atoms with Crippen molar-refractivity contribution in [2.24, 2.45) is 5.41 Å². The molecular weight excluding hydrogens is 272 g/mol. The molecule has 1 rings (SSSR count). The first-order chi connectivity index (χ1) is 9.78. The van der Waals surface area contributed by atoms with E-state index >= 15 is 0 Å². The van der Waals surface area contributed by atoms with Gasteiger partial charge in [0, 0.05) is 30.3 Å². The number of hydrogen-bond acceptors (Lipinski definition) is 4. The number of carbonyl (C=O) groups is 1. The number of amides is 1. The Balaban J connectivity index is 2.77. The van der Waals surface area contributed by atoms with E-state index in [-0.39, 0.29) is 23.6 Å². The van der Waals surface area contributed by atoms with Gasteiger partial charge in [0.15, 0.2) is 0 Å². The predicted octanol–water partition coefficient (Wildman–Crippen LogP) is 2.43. The molecule has 6 nitrogen and oxygen atoms in total. The SMILES string of the molecule is Cc1c(C(=O)NCC(C)(C)CCCO)cccc1[N+](=O)[O-]. The van der Waals surface area contributed by atoms with E-state index in [2.05, 4.69) is 5.32 Å². The smallest absolute Gasteiger partial charge is 0.273 e. The summed E-state index contributed by atoms with van der Waals surface area (Å²) in [4.78, 5) is 22.6. The third-order valence-electron chi connectivity index (χ3n) is 3.49. The fourth-order valence-corrected chi connectivity index (χ4v) is 2.13. The number of aliphatic hydroxyl groups excluding tert-OH is 1.